The average Bonchev–Trinajstić information content (AvgIpc) is 2.15. The van der Waals surface area contributed by atoms with Crippen molar-refractivity contribution in [3.8, 4) is 0 Å². The number of aliphatic hydroxyl groups excluding tert-OH is 1. The van der Waals surface area contributed by atoms with Gasteiger partial charge in [-0.25, -0.2) is 0 Å². The molecule has 0 aromatic rings. The van der Waals surface area contributed by atoms with Gasteiger partial charge in [0.2, 0.25) is 0 Å². The summed E-state index contributed by atoms with van der Waals surface area (Å²) in [6.07, 6.45) is 0.770. The quantitative estimate of drug-likeness (QED) is 0.432. The molecule has 0 amide bonds. The van der Waals surface area contributed by atoms with E-state index in [1.165, 1.54) is 0 Å². The van der Waals surface area contributed by atoms with Crippen molar-refractivity contribution in [3.63, 3.8) is 0 Å². The molecule has 59 valence electrons. The topological polar surface area (TPSA) is 43.3 Å². The number of likely N-dealkylation sites (tertiary alicyclic amines) is 1. The van der Waals surface area contributed by atoms with Gasteiger partial charge in [-0.2, -0.15) is 0 Å². The summed E-state index contributed by atoms with van der Waals surface area (Å²) in [4.78, 5) is 0. The zero-order chi connectivity index (χ0) is 7.78. The first-order valence-corrected chi connectivity index (χ1v) is 4.41. The van der Waals surface area contributed by atoms with Gasteiger partial charge in [0.15, 0.2) is 0 Å². The summed E-state index contributed by atoms with van der Waals surface area (Å²) in [6.45, 7) is 2.30. The maximum atomic E-state index is 11.6. The molecule has 0 aromatic heterocycles. The third-order valence-corrected chi connectivity index (χ3v) is 2.77. The molecule has 0 aromatic carbocycles. The van der Waals surface area contributed by atoms with E-state index in [0.717, 1.165) is 10.1 Å². The van der Waals surface area contributed by atoms with Crippen LogP contribution in [-0.2, 0) is 0 Å². The monoisotopic (exact) mass is 256 g/mol. The third-order valence-electron chi connectivity index (χ3n) is 1.96. The molecule has 3 nitrogen and oxygen atoms in total. The molecule has 4 heteroatoms. The van der Waals surface area contributed by atoms with E-state index in [4.69, 9.17) is 0 Å². The van der Waals surface area contributed by atoms with Gasteiger partial charge >= 0.3 is 73.2 Å². The van der Waals surface area contributed by atoms with E-state index in [9.17, 15) is 10.3 Å². The van der Waals surface area contributed by atoms with Gasteiger partial charge in [0.1, 0.15) is 0 Å². The summed E-state index contributed by atoms with van der Waals surface area (Å²) in [6, 6.07) is 0. The van der Waals surface area contributed by atoms with E-state index >= 15 is 0 Å². The van der Waals surface area contributed by atoms with Crippen LogP contribution in [0.5, 0.6) is 0 Å². The Morgan fingerprint density at radius 1 is 1.80 bits per heavy atom. The van der Waals surface area contributed by atoms with Crippen LogP contribution in [-0.4, -0.2) is 26.2 Å². The maximum absolute atomic E-state index is 11.6. The molecule has 1 rings (SSSR count). The third kappa shape index (κ3) is 1.25. The summed E-state index contributed by atoms with van der Waals surface area (Å²) >= 11 is 1.99. The second-order valence-electron chi connectivity index (χ2n) is 2.64. The van der Waals surface area contributed by atoms with Crippen molar-refractivity contribution >= 4 is 25.7 Å². The van der Waals surface area contributed by atoms with Crippen molar-refractivity contribution in [1.82, 2.24) is 0 Å². The van der Waals surface area contributed by atoms with E-state index in [2.05, 4.69) is 0 Å². The minimum absolute atomic E-state index is 0.499. The van der Waals surface area contributed by atoms with E-state index < -0.39 is 10.9 Å². The van der Waals surface area contributed by atoms with Crippen LogP contribution >= 0.6 is 22.1 Å². The number of nitrogens with zero attached hydrogens (tertiary/aromatic N) is 1. The number of quaternary nitrogens is 1. The molecule has 0 saturated carbocycles. The minimum atomic E-state index is -0.711. The molecule has 1 saturated heterocycles. The van der Waals surface area contributed by atoms with Crippen molar-refractivity contribution in [2.45, 2.75) is 26.0 Å². The van der Waals surface area contributed by atoms with Crippen LogP contribution in [0.1, 0.15) is 19.8 Å². The second kappa shape index (κ2) is 2.84. The van der Waals surface area contributed by atoms with E-state index in [1.54, 1.807) is 6.92 Å². The standard InChI is InChI=1S/C6H11INO2/c1-5(7)8(10)4-2-3-6(8)9/h6,9H,2-4H2,1H3. The Morgan fingerprint density at radius 3 is 2.60 bits per heavy atom. The Labute approximate surface area is 73.4 Å². The number of hydroxylamine groups is 3. The molecule has 0 spiro atoms. The van der Waals surface area contributed by atoms with Gasteiger partial charge in [-0.15, -0.1) is 0 Å². The van der Waals surface area contributed by atoms with E-state index in [-0.39, 0.29) is 0 Å². The first-order valence-electron chi connectivity index (χ1n) is 3.34. The van der Waals surface area contributed by atoms with Crippen LogP contribution in [0.15, 0.2) is 0 Å². The molecule has 1 radical (unpaired) electrons. The van der Waals surface area contributed by atoms with Crippen molar-refractivity contribution in [2.24, 2.45) is 0 Å². The second-order valence-corrected chi connectivity index (χ2v) is 4.20. The van der Waals surface area contributed by atoms with Crippen LogP contribution in [0.25, 0.3) is 0 Å². The predicted molar refractivity (Wildman–Crippen MR) is 48.4 cm³/mol. The number of rotatable bonds is 1. The Bertz CT molecular complexity index is 162. The van der Waals surface area contributed by atoms with E-state index in [0.29, 0.717) is 13.0 Å². The number of hydrogen-bond acceptors (Lipinski definition) is 2. The predicted octanol–water partition coefficient (Wildman–Crippen LogP) is 0.998. The molecule has 2 atom stereocenters. The van der Waals surface area contributed by atoms with Crippen LogP contribution in [0.2, 0.25) is 0 Å². The fraction of sp³-hybridized carbons (Fsp3) is 0.833. The molecule has 2 unspecified atom stereocenters. The van der Waals surface area contributed by atoms with Crippen molar-refractivity contribution < 1.29 is 9.75 Å². The van der Waals surface area contributed by atoms with Gasteiger partial charge in [0.25, 0.3) is 0 Å². The molecular formula is C6H11INO2. The Kier molecular flexibility index (Phi) is 2.44. The number of hydrogen-bond donors (Lipinski definition) is 1. The van der Waals surface area contributed by atoms with Crippen LogP contribution in [0.4, 0.5) is 0 Å². The van der Waals surface area contributed by atoms with E-state index in [1.807, 2.05) is 22.1 Å². The number of aliphatic hydroxyl groups is 1. The van der Waals surface area contributed by atoms with Crippen LogP contribution in [0, 0.1) is 5.21 Å². The zero-order valence-electron chi connectivity index (χ0n) is 5.88. The summed E-state index contributed by atoms with van der Waals surface area (Å²) in [5, 5.41) is 20.8. The SMILES string of the molecule is CC(=[I])[N+]1([O-])CCCC1O. The van der Waals surface area contributed by atoms with Crippen LogP contribution in [0.3, 0.4) is 0 Å². The first kappa shape index (κ1) is 8.58. The molecule has 10 heavy (non-hydrogen) atoms. The summed E-state index contributed by atoms with van der Waals surface area (Å²) < 4.78 is 0.225. The normalized spacial score (nSPS) is 40.1. The molecule has 1 aliphatic heterocycles. The van der Waals surface area contributed by atoms with Crippen molar-refractivity contribution in [3.05, 3.63) is 5.21 Å². The Balaban J connectivity index is 2.75. The molecule has 1 heterocycles. The molecular weight excluding hydrogens is 245 g/mol. The van der Waals surface area contributed by atoms with Gasteiger partial charge in [0.05, 0.1) is 0 Å². The summed E-state index contributed by atoms with van der Waals surface area (Å²) in [7, 11) is 0. The fourth-order valence-electron chi connectivity index (χ4n) is 1.23. The van der Waals surface area contributed by atoms with Gasteiger partial charge < -0.3 is 0 Å². The van der Waals surface area contributed by atoms with Crippen molar-refractivity contribution in [2.75, 3.05) is 6.54 Å². The fourth-order valence-corrected chi connectivity index (χ4v) is 1.79. The first-order chi connectivity index (χ1) is 4.57. The molecule has 0 aliphatic carbocycles. The van der Waals surface area contributed by atoms with Gasteiger partial charge in [-0.1, -0.05) is 0 Å². The Hall–Kier alpha value is 0.480. The molecule has 1 aliphatic rings. The molecule has 1 fully saturated rings. The molecule has 0 bridgehead atoms. The van der Waals surface area contributed by atoms with Crippen molar-refractivity contribution in [1.29, 1.82) is 0 Å². The number of halogens is 1. The molecule has 1 N–H and O–H groups in total. The average molecular weight is 256 g/mol. The summed E-state index contributed by atoms with van der Waals surface area (Å²) in [5.41, 5.74) is 0. The van der Waals surface area contributed by atoms with Gasteiger partial charge in [-0.3, -0.25) is 0 Å². The van der Waals surface area contributed by atoms with Crippen LogP contribution < -0.4 is 0 Å². The zero-order valence-corrected chi connectivity index (χ0v) is 8.04. The van der Waals surface area contributed by atoms with Gasteiger partial charge in [0, 0.05) is 0 Å². The van der Waals surface area contributed by atoms with Gasteiger partial charge in [-0.05, 0) is 0 Å². The Morgan fingerprint density at radius 2 is 2.40 bits per heavy atom. The summed E-state index contributed by atoms with van der Waals surface area (Å²) in [5.74, 6) is 0.